The zero-order valence-electron chi connectivity index (χ0n) is 6.24. The lowest BCUT2D eigenvalue weighted by Crippen LogP contribution is -2.27. The van der Waals surface area contributed by atoms with Crippen molar-refractivity contribution in [2.75, 3.05) is 0 Å². The number of carbonyl (C=O) groups is 1. The van der Waals surface area contributed by atoms with Crippen LogP contribution in [-0.2, 0) is 4.79 Å². The Balaban J connectivity index is 2.33. The van der Waals surface area contributed by atoms with Gasteiger partial charge in [-0.3, -0.25) is 0 Å². The first-order valence-electron chi connectivity index (χ1n) is 3.62. The first-order valence-corrected chi connectivity index (χ1v) is 3.62. The second kappa shape index (κ2) is 2.13. The molecule has 0 aromatic heterocycles. The number of Topliss-reactive ketones (excluding diaryl/α,β-unsaturated/α-hetero) is 1. The van der Waals surface area contributed by atoms with Crippen LogP contribution in [0.4, 0.5) is 0 Å². The molecule has 1 aliphatic rings. The first-order chi connectivity index (χ1) is 4.12. The quantitative estimate of drug-likeness (QED) is 0.554. The van der Waals surface area contributed by atoms with E-state index in [2.05, 4.69) is 6.92 Å². The Morgan fingerprint density at radius 1 is 1.56 bits per heavy atom. The molecule has 0 amide bonds. The van der Waals surface area contributed by atoms with Crippen LogP contribution in [0.25, 0.3) is 0 Å². The van der Waals surface area contributed by atoms with E-state index in [1.54, 1.807) is 6.92 Å². The van der Waals surface area contributed by atoms with E-state index in [1.807, 2.05) is 0 Å². The highest BCUT2D eigenvalue weighted by Gasteiger charge is 2.32. The van der Waals surface area contributed by atoms with Gasteiger partial charge in [-0.05, 0) is 25.2 Å². The van der Waals surface area contributed by atoms with Gasteiger partial charge < -0.3 is 4.79 Å². The molecule has 0 saturated heterocycles. The molecule has 0 aromatic carbocycles. The summed E-state index contributed by atoms with van der Waals surface area (Å²) in [5.74, 6) is 0.345. The maximum atomic E-state index is 10.7. The van der Waals surface area contributed by atoms with Crippen molar-refractivity contribution in [1.29, 1.82) is 0 Å². The van der Waals surface area contributed by atoms with Crippen molar-refractivity contribution in [1.82, 2.24) is 0 Å². The second-order valence-electron chi connectivity index (χ2n) is 3.54. The normalized spacial score (nSPS) is 22.9. The third-order valence-corrected chi connectivity index (χ3v) is 2.24. The van der Waals surface area contributed by atoms with Gasteiger partial charge in [-0.15, -0.1) is 0 Å². The van der Waals surface area contributed by atoms with Crippen LogP contribution in [0.1, 0.15) is 39.5 Å². The average Bonchev–Trinajstić information content (AvgIpc) is 1.60. The standard InChI is InChI=1S/C8H14O/c1-7(9)6-8(2)4-3-5-8/h3-6H2,1-2H3. The van der Waals surface area contributed by atoms with Crippen molar-refractivity contribution < 1.29 is 4.79 Å². The van der Waals surface area contributed by atoms with Gasteiger partial charge >= 0.3 is 0 Å². The molecular weight excluding hydrogens is 112 g/mol. The molecule has 1 aliphatic carbocycles. The van der Waals surface area contributed by atoms with Gasteiger partial charge in [-0.25, -0.2) is 0 Å². The lowest BCUT2D eigenvalue weighted by atomic mass is 9.68. The van der Waals surface area contributed by atoms with Gasteiger partial charge in [-0.2, -0.15) is 0 Å². The molecule has 0 spiro atoms. The summed E-state index contributed by atoms with van der Waals surface area (Å²) in [6.45, 7) is 3.89. The van der Waals surface area contributed by atoms with Gasteiger partial charge in [0.25, 0.3) is 0 Å². The average molecular weight is 126 g/mol. The Hall–Kier alpha value is -0.330. The maximum Gasteiger partial charge on any atom is 0.130 e. The Kier molecular flexibility index (Phi) is 1.60. The Labute approximate surface area is 56.4 Å². The summed E-state index contributed by atoms with van der Waals surface area (Å²) >= 11 is 0. The lowest BCUT2D eigenvalue weighted by molar-refractivity contribution is -0.120. The van der Waals surface area contributed by atoms with Crippen LogP contribution in [0, 0.1) is 5.41 Å². The first kappa shape index (κ1) is 6.79. The van der Waals surface area contributed by atoms with Gasteiger partial charge in [-0.1, -0.05) is 13.3 Å². The van der Waals surface area contributed by atoms with Gasteiger partial charge in [0.1, 0.15) is 5.78 Å². The third kappa shape index (κ3) is 1.54. The van der Waals surface area contributed by atoms with Gasteiger partial charge in [0.15, 0.2) is 0 Å². The molecule has 9 heavy (non-hydrogen) atoms. The molecule has 0 heterocycles. The highest BCUT2D eigenvalue weighted by Crippen LogP contribution is 2.43. The minimum absolute atomic E-state index is 0.345. The summed E-state index contributed by atoms with van der Waals surface area (Å²) in [5, 5.41) is 0. The topological polar surface area (TPSA) is 17.1 Å². The predicted molar refractivity (Wildman–Crippen MR) is 37.3 cm³/mol. The molecule has 1 rings (SSSR count). The van der Waals surface area contributed by atoms with E-state index in [0.29, 0.717) is 11.2 Å². The molecule has 0 radical (unpaired) electrons. The molecule has 1 fully saturated rings. The van der Waals surface area contributed by atoms with Crippen LogP contribution < -0.4 is 0 Å². The summed E-state index contributed by atoms with van der Waals surface area (Å²) in [6.07, 6.45) is 4.63. The lowest BCUT2D eigenvalue weighted by Gasteiger charge is -2.37. The van der Waals surface area contributed by atoms with Gasteiger partial charge in [0.2, 0.25) is 0 Å². The largest absolute Gasteiger partial charge is 0.300 e. The zero-order chi connectivity index (χ0) is 6.91. The van der Waals surface area contributed by atoms with E-state index in [4.69, 9.17) is 0 Å². The molecule has 52 valence electrons. The number of rotatable bonds is 2. The molecule has 0 aliphatic heterocycles. The fourth-order valence-corrected chi connectivity index (χ4v) is 1.56. The molecule has 1 saturated carbocycles. The number of hydrogen-bond acceptors (Lipinski definition) is 1. The SMILES string of the molecule is CC(=O)CC1(C)CCC1. The fourth-order valence-electron chi connectivity index (χ4n) is 1.56. The van der Waals surface area contributed by atoms with E-state index < -0.39 is 0 Å². The molecule has 0 aromatic rings. The van der Waals surface area contributed by atoms with Crippen molar-refractivity contribution in [2.24, 2.45) is 5.41 Å². The summed E-state index contributed by atoms with van der Waals surface area (Å²) in [4.78, 5) is 10.7. The predicted octanol–water partition coefficient (Wildman–Crippen LogP) is 2.16. The van der Waals surface area contributed by atoms with Crippen LogP contribution in [0.2, 0.25) is 0 Å². The van der Waals surface area contributed by atoms with Crippen molar-refractivity contribution >= 4 is 5.78 Å². The Morgan fingerprint density at radius 3 is 2.22 bits per heavy atom. The van der Waals surface area contributed by atoms with Gasteiger partial charge in [0.05, 0.1) is 0 Å². The number of hydrogen-bond donors (Lipinski definition) is 0. The van der Waals surface area contributed by atoms with E-state index >= 15 is 0 Å². The summed E-state index contributed by atoms with van der Waals surface area (Å²) in [6, 6.07) is 0. The third-order valence-electron chi connectivity index (χ3n) is 2.24. The molecule has 0 bridgehead atoms. The van der Waals surface area contributed by atoms with E-state index in [0.717, 1.165) is 6.42 Å². The molecule has 0 unspecified atom stereocenters. The van der Waals surface area contributed by atoms with E-state index in [1.165, 1.54) is 19.3 Å². The van der Waals surface area contributed by atoms with Crippen LogP contribution in [0.15, 0.2) is 0 Å². The molecule has 1 nitrogen and oxygen atoms in total. The molecular formula is C8H14O. The van der Waals surface area contributed by atoms with Crippen molar-refractivity contribution in [2.45, 2.75) is 39.5 Å². The van der Waals surface area contributed by atoms with Crippen molar-refractivity contribution in [3.8, 4) is 0 Å². The molecule has 0 atom stereocenters. The highest BCUT2D eigenvalue weighted by atomic mass is 16.1. The van der Waals surface area contributed by atoms with Crippen LogP contribution in [-0.4, -0.2) is 5.78 Å². The van der Waals surface area contributed by atoms with Crippen molar-refractivity contribution in [3.05, 3.63) is 0 Å². The monoisotopic (exact) mass is 126 g/mol. The Bertz CT molecular complexity index is 123. The van der Waals surface area contributed by atoms with Crippen LogP contribution >= 0.6 is 0 Å². The highest BCUT2D eigenvalue weighted by molar-refractivity contribution is 5.76. The van der Waals surface area contributed by atoms with E-state index in [9.17, 15) is 4.79 Å². The van der Waals surface area contributed by atoms with E-state index in [-0.39, 0.29) is 0 Å². The Morgan fingerprint density at radius 2 is 2.11 bits per heavy atom. The van der Waals surface area contributed by atoms with Gasteiger partial charge in [0, 0.05) is 6.42 Å². The molecule has 0 N–H and O–H groups in total. The number of carbonyl (C=O) groups excluding carboxylic acids is 1. The second-order valence-corrected chi connectivity index (χ2v) is 3.54. The zero-order valence-corrected chi connectivity index (χ0v) is 6.24. The molecule has 1 heteroatoms. The van der Waals surface area contributed by atoms with Crippen LogP contribution in [0.3, 0.4) is 0 Å². The minimum atomic E-state index is 0.345. The minimum Gasteiger partial charge on any atom is -0.300 e. The fraction of sp³-hybridized carbons (Fsp3) is 0.875. The maximum absolute atomic E-state index is 10.7. The summed E-state index contributed by atoms with van der Waals surface area (Å²) in [7, 11) is 0. The smallest absolute Gasteiger partial charge is 0.130 e. The van der Waals surface area contributed by atoms with Crippen LogP contribution in [0.5, 0.6) is 0 Å². The number of ketones is 1. The summed E-state index contributed by atoms with van der Waals surface area (Å²) < 4.78 is 0. The summed E-state index contributed by atoms with van der Waals surface area (Å²) in [5.41, 5.74) is 0.395. The van der Waals surface area contributed by atoms with Crippen molar-refractivity contribution in [3.63, 3.8) is 0 Å².